The first-order chi connectivity index (χ1) is 3.93. The minimum atomic E-state index is 1.23. The van der Waals surface area contributed by atoms with Crippen LogP contribution < -0.4 is 0 Å². The molecule has 0 unspecified atom stereocenters. The molecule has 1 saturated carbocycles. The van der Waals surface area contributed by atoms with E-state index in [0.717, 1.165) is 0 Å². The molecular formula is C7H10O. The van der Waals surface area contributed by atoms with Crippen molar-refractivity contribution in [2.75, 3.05) is 0 Å². The van der Waals surface area contributed by atoms with Gasteiger partial charge in [-0.3, -0.25) is 0 Å². The second kappa shape index (κ2) is 4.63. The van der Waals surface area contributed by atoms with Gasteiger partial charge < -0.3 is 0 Å². The summed E-state index contributed by atoms with van der Waals surface area (Å²) in [6, 6.07) is 0. The minimum absolute atomic E-state index is 1.23. The van der Waals surface area contributed by atoms with Crippen LogP contribution >= 0.6 is 0 Å². The molecule has 1 nitrogen and oxygen atoms in total. The first-order valence-corrected chi connectivity index (χ1v) is 2.82. The van der Waals surface area contributed by atoms with Crippen LogP contribution in [0.3, 0.4) is 0 Å². The maximum absolute atomic E-state index is 7.50. The van der Waals surface area contributed by atoms with Gasteiger partial charge in [-0.15, -0.1) is 0 Å². The molecular weight excluding hydrogens is 100 g/mol. The van der Waals surface area contributed by atoms with E-state index < -0.39 is 0 Å². The predicted octanol–water partition coefficient (Wildman–Crippen LogP) is 2.08. The van der Waals surface area contributed by atoms with Crippen molar-refractivity contribution in [2.45, 2.75) is 26.2 Å². The number of allylic oxidation sites excluding steroid dienone is 2. The molecule has 1 heteroatoms. The molecule has 0 aromatic heterocycles. The van der Waals surface area contributed by atoms with Crippen molar-refractivity contribution in [2.24, 2.45) is 0 Å². The number of hydrogen-bond acceptors (Lipinski definition) is 0. The van der Waals surface area contributed by atoms with E-state index >= 15 is 0 Å². The maximum atomic E-state index is 7.50. The summed E-state index contributed by atoms with van der Waals surface area (Å²) < 4.78 is 7.50. The summed E-state index contributed by atoms with van der Waals surface area (Å²) in [5.41, 5.74) is 1.66. The van der Waals surface area contributed by atoms with E-state index in [0.29, 0.717) is 0 Å². The van der Waals surface area contributed by atoms with E-state index in [2.05, 4.69) is 19.7 Å². The molecule has 0 aliphatic heterocycles. The Hall–Kier alpha value is -0.520. The van der Waals surface area contributed by atoms with E-state index in [4.69, 9.17) is 4.65 Å². The van der Waals surface area contributed by atoms with Gasteiger partial charge in [0.1, 0.15) is 0 Å². The van der Waals surface area contributed by atoms with Crippen LogP contribution in [0.25, 0.3) is 0 Å². The molecule has 0 bridgehead atoms. The Morgan fingerprint density at radius 3 is 2.25 bits per heavy atom. The van der Waals surface area contributed by atoms with Crippen molar-refractivity contribution in [1.82, 2.24) is 0 Å². The normalized spacial score (nSPS) is 13.6. The second-order valence-electron chi connectivity index (χ2n) is 1.77. The SMILES string of the molecule is CCC=C1CC1.[C-]#[O+]. The third kappa shape index (κ3) is 3.66. The number of hydrogen-bond donors (Lipinski definition) is 0. The predicted molar refractivity (Wildman–Crippen MR) is 31.5 cm³/mol. The van der Waals surface area contributed by atoms with Crippen LogP contribution in [-0.2, 0) is 4.65 Å². The molecule has 0 amide bonds. The van der Waals surface area contributed by atoms with Gasteiger partial charge in [0.25, 0.3) is 0 Å². The molecule has 0 saturated heterocycles. The molecule has 8 heavy (non-hydrogen) atoms. The van der Waals surface area contributed by atoms with E-state index in [-0.39, 0.29) is 0 Å². The van der Waals surface area contributed by atoms with Gasteiger partial charge in [0, 0.05) is 0 Å². The Balaban J connectivity index is 0.000000222. The van der Waals surface area contributed by atoms with Crippen molar-refractivity contribution in [1.29, 1.82) is 0 Å². The van der Waals surface area contributed by atoms with Gasteiger partial charge >= 0.3 is 11.3 Å². The summed E-state index contributed by atoms with van der Waals surface area (Å²) in [4.78, 5) is 0. The van der Waals surface area contributed by atoms with Crippen LogP contribution in [0.2, 0.25) is 0 Å². The molecule has 0 radical (unpaired) electrons. The molecule has 0 aromatic carbocycles. The fraction of sp³-hybridized carbons (Fsp3) is 0.571. The van der Waals surface area contributed by atoms with Gasteiger partial charge in [0.15, 0.2) is 0 Å². The molecule has 1 aliphatic rings. The average molecular weight is 110 g/mol. The molecule has 44 valence electrons. The Bertz CT molecular complexity index is 94.2. The van der Waals surface area contributed by atoms with Gasteiger partial charge in [-0.25, -0.2) is 0 Å². The summed E-state index contributed by atoms with van der Waals surface area (Å²) in [7, 11) is 0. The summed E-state index contributed by atoms with van der Waals surface area (Å²) in [6.45, 7) is 6.69. The molecule has 0 spiro atoms. The summed E-state index contributed by atoms with van der Waals surface area (Å²) in [6.07, 6.45) is 6.32. The zero-order chi connectivity index (χ0) is 6.41. The van der Waals surface area contributed by atoms with Crippen LogP contribution in [-0.4, -0.2) is 0 Å². The van der Waals surface area contributed by atoms with Crippen molar-refractivity contribution >= 4 is 0 Å². The van der Waals surface area contributed by atoms with E-state index in [1.807, 2.05) is 0 Å². The third-order valence-electron chi connectivity index (χ3n) is 1.03. The molecule has 1 rings (SSSR count). The fourth-order valence-electron chi connectivity index (χ4n) is 0.565. The van der Waals surface area contributed by atoms with Gasteiger partial charge in [-0.2, -0.15) is 0 Å². The van der Waals surface area contributed by atoms with Crippen molar-refractivity contribution in [3.63, 3.8) is 0 Å². The second-order valence-corrected chi connectivity index (χ2v) is 1.77. The topological polar surface area (TPSA) is 19.9 Å². The van der Waals surface area contributed by atoms with E-state index in [9.17, 15) is 0 Å². The Labute approximate surface area is 50.1 Å². The molecule has 1 fully saturated rings. The van der Waals surface area contributed by atoms with Crippen molar-refractivity contribution < 1.29 is 4.65 Å². The van der Waals surface area contributed by atoms with Gasteiger partial charge in [0.2, 0.25) is 0 Å². The number of rotatable bonds is 1. The Morgan fingerprint density at radius 2 is 2.12 bits per heavy atom. The van der Waals surface area contributed by atoms with Crippen LogP contribution in [0, 0.1) is 6.65 Å². The van der Waals surface area contributed by atoms with Crippen LogP contribution in [0.4, 0.5) is 0 Å². The molecule has 0 atom stereocenters. The zero-order valence-corrected chi connectivity index (χ0v) is 5.11. The van der Waals surface area contributed by atoms with E-state index in [1.54, 1.807) is 5.57 Å². The summed E-state index contributed by atoms with van der Waals surface area (Å²) in [5.74, 6) is 0. The average Bonchev–Trinajstić information content (AvgIpc) is 2.57. The fourth-order valence-corrected chi connectivity index (χ4v) is 0.565. The van der Waals surface area contributed by atoms with Gasteiger partial charge in [-0.1, -0.05) is 18.6 Å². The zero-order valence-electron chi connectivity index (χ0n) is 5.11. The first kappa shape index (κ1) is 7.48. The molecule has 0 aromatic rings. The van der Waals surface area contributed by atoms with Crippen LogP contribution in [0.15, 0.2) is 11.6 Å². The van der Waals surface area contributed by atoms with Crippen molar-refractivity contribution in [3.8, 4) is 0 Å². The summed E-state index contributed by atoms with van der Waals surface area (Å²) in [5, 5.41) is 0. The molecule has 0 N–H and O–H groups in total. The standard InChI is InChI=1S/C6H10.CO/c1-2-3-6-4-5-6;1-2/h3H,2,4-5H2,1H3;. The summed E-state index contributed by atoms with van der Waals surface area (Å²) >= 11 is 0. The molecule has 0 heterocycles. The third-order valence-corrected chi connectivity index (χ3v) is 1.03. The Kier molecular flexibility index (Phi) is 4.33. The van der Waals surface area contributed by atoms with Gasteiger partial charge in [-0.05, 0) is 19.3 Å². The monoisotopic (exact) mass is 110 g/mol. The van der Waals surface area contributed by atoms with Crippen LogP contribution in [0.1, 0.15) is 26.2 Å². The quantitative estimate of drug-likeness (QED) is 0.280. The Morgan fingerprint density at radius 1 is 1.62 bits per heavy atom. The van der Waals surface area contributed by atoms with E-state index in [1.165, 1.54) is 19.3 Å². The van der Waals surface area contributed by atoms with Gasteiger partial charge in [0.05, 0.1) is 0 Å². The van der Waals surface area contributed by atoms with Crippen molar-refractivity contribution in [3.05, 3.63) is 18.3 Å². The van der Waals surface area contributed by atoms with Crippen LogP contribution in [0.5, 0.6) is 0 Å². The molecule has 1 aliphatic carbocycles. The first-order valence-electron chi connectivity index (χ1n) is 2.82.